The summed E-state index contributed by atoms with van der Waals surface area (Å²) >= 11 is 0. The van der Waals surface area contributed by atoms with Gasteiger partial charge < -0.3 is 24.3 Å². The highest BCUT2D eigenvalue weighted by molar-refractivity contribution is 5.78. The molecule has 196 valence electrons. The standard InChI is InChI=1S/C26H39NO8/c1-15(2)18(7)25(30)33-12-11-27-20(26(31)32-8)13-19-9-10-21(34-23(28)16(3)4)22(14-19)35-24(29)17(5)6/h9-10,14-18,20,27H,11-13H2,1-8H3/t18?,20-/m0/s1. The number of ether oxygens (including phenoxy) is 4. The lowest BCUT2D eigenvalue weighted by molar-refractivity contribution is -0.149. The maximum Gasteiger partial charge on any atom is 0.323 e. The zero-order chi connectivity index (χ0) is 26.7. The number of hydrogen-bond acceptors (Lipinski definition) is 9. The van der Waals surface area contributed by atoms with Gasteiger partial charge >= 0.3 is 23.9 Å². The lowest BCUT2D eigenvalue weighted by Gasteiger charge is -2.19. The van der Waals surface area contributed by atoms with Crippen LogP contribution in [0.2, 0.25) is 0 Å². The first kappa shape index (κ1) is 30.1. The van der Waals surface area contributed by atoms with Crippen LogP contribution in [-0.2, 0) is 35.1 Å². The number of nitrogens with one attached hydrogen (secondary N) is 1. The highest BCUT2D eigenvalue weighted by Crippen LogP contribution is 2.30. The van der Waals surface area contributed by atoms with E-state index in [4.69, 9.17) is 18.9 Å². The van der Waals surface area contributed by atoms with Gasteiger partial charge in [0.1, 0.15) is 12.6 Å². The van der Waals surface area contributed by atoms with Gasteiger partial charge in [-0.05, 0) is 30.0 Å². The molecule has 0 aliphatic rings. The average Bonchev–Trinajstić information content (AvgIpc) is 2.80. The minimum absolute atomic E-state index is 0.0930. The van der Waals surface area contributed by atoms with Crippen molar-refractivity contribution >= 4 is 23.9 Å². The summed E-state index contributed by atoms with van der Waals surface area (Å²) in [5, 5.41) is 3.04. The van der Waals surface area contributed by atoms with Gasteiger partial charge in [0.25, 0.3) is 0 Å². The number of benzene rings is 1. The van der Waals surface area contributed by atoms with Crippen molar-refractivity contribution in [1.29, 1.82) is 0 Å². The van der Waals surface area contributed by atoms with Gasteiger partial charge in [-0.3, -0.25) is 19.2 Å². The van der Waals surface area contributed by atoms with Crippen LogP contribution < -0.4 is 14.8 Å². The zero-order valence-corrected chi connectivity index (χ0v) is 22.0. The van der Waals surface area contributed by atoms with E-state index in [2.05, 4.69) is 5.32 Å². The summed E-state index contributed by atoms with van der Waals surface area (Å²) in [6.07, 6.45) is 0.202. The van der Waals surface area contributed by atoms with Crippen molar-refractivity contribution in [2.75, 3.05) is 20.3 Å². The van der Waals surface area contributed by atoms with Gasteiger partial charge in [0, 0.05) is 6.54 Å². The smallest absolute Gasteiger partial charge is 0.323 e. The zero-order valence-electron chi connectivity index (χ0n) is 22.0. The lowest BCUT2D eigenvalue weighted by atomic mass is 9.99. The maximum absolute atomic E-state index is 12.3. The van der Waals surface area contributed by atoms with Gasteiger partial charge in [-0.15, -0.1) is 0 Å². The normalized spacial score (nSPS) is 12.9. The van der Waals surface area contributed by atoms with Crippen molar-refractivity contribution < 1.29 is 38.1 Å². The second-order valence-electron chi connectivity index (χ2n) is 9.37. The van der Waals surface area contributed by atoms with Crippen molar-refractivity contribution in [3.63, 3.8) is 0 Å². The summed E-state index contributed by atoms with van der Waals surface area (Å²) in [6, 6.07) is 4.03. The van der Waals surface area contributed by atoms with Gasteiger partial charge in [0.15, 0.2) is 11.5 Å². The second-order valence-corrected chi connectivity index (χ2v) is 9.37. The molecule has 2 atom stereocenters. The summed E-state index contributed by atoms with van der Waals surface area (Å²) < 4.78 is 21.0. The third kappa shape index (κ3) is 10.1. The number of esters is 4. The molecule has 1 unspecified atom stereocenters. The molecule has 0 amide bonds. The largest absolute Gasteiger partial charge is 0.468 e. The fourth-order valence-corrected chi connectivity index (χ4v) is 2.70. The third-order valence-electron chi connectivity index (χ3n) is 5.41. The van der Waals surface area contributed by atoms with E-state index in [1.807, 2.05) is 20.8 Å². The fraction of sp³-hybridized carbons (Fsp3) is 0.615. The van der Waals surface area contributed by atoms with Gasteiger partial charge in [0.2, 0.25) is 0 Å². The number of carbonyl (C=O) groups excluding carboxylic acids is 4. The molecular formula is C26H39NO8. The van der Waals surface area contributed by atoms with Crippen molar-refractivity contribution in [2.24, 2.45) is 23.7 Å². The van der Waals surface area contributed by atoms with Gasteiger partial charge in [-0.2, -0.15) is 0 Å². The Morgan fingerprint density at radius 2 is 1.37 bits per heavy atom. The van der Waals surface area contributed by atoms with Crippen LogP contribution in [0.1, 0.15) is 54.0 Å². The molecule has 1 aromatic rings. The summed E-state index contributed by atoms with van der Waals surface area (Å²) in [6.45, 7) is 12.8. The Bertz CT molecular complexity index is 878. The molecule has 0 bridgehead atoms. The molecule has 0 spiro atoms. The first-order valence-corrected chi connectivity index (χ1v) is 11.9. The number of methoxy groups -OCH3 is 1. The Kier molecular flexibility index (Phi) is 12.4. The molecule has 1 rings (SSSR count). The molecule has 0 radical (unpaired) electrons. The molecule has 0 fully saturated rings. The second kappa shape index (κ2) is 14.5. The predicted octanol–water partition coefficient (Wildman–Crippen LogP) is 3.32. The third-order valence-corrected chi connectivity index (χ3v) is 5.41. The van der Waals surface area contributed by atoms with Crippen molar-refractivity contribution in [3.05, 3.63) is 23.8 Å². The lowest BCUT2D eigenvalue weighted by Crippen LogP contribution is -2.41. The van der Waals surface area contributed by atoms with E-state index in [0.717, 1.165) is 0 Å². The summed E-state index contributed by atoms with van der Waals surface area (Å²) in [7, 11) is 1.28. The Morgan fingerprint density at radius 3 is 1.89 bits per heavy atom. The topological polar surface area (TPSA) is 117 Å². The van der Waals surface area contributed by atoms with Crippen molar-refractivity contribution in [2.45, 2.75) is 60.9 Å². The molecule has 9 heteroatoms. The van der Waals surface area contributed by atoms with Crippen LogP contribution in [0, 0.1) is 23.7 Å². The Morgan fingerprint density at radius 1 is 0.800 bits per heavy atom. The van der Waals surface area contributed by atoms with Crippen molar-refractivity contribution in [3.8, 4) is 11.5 Å². The van der Waals surface area contributed by atoms with E-state index in [1.54, 1.807) is 39.8 Å². The van der Waals surface area contributed by atoms with Crippen molar-refractivity contribution in [1.82, 2.24) is 5.32 Å². The quantitative estimate of drug-likeness (QED) is 0.251. The van der Waals surface area contributed by atoms with Crippen LogP contribution in [-0.4, -0.2) is 50.2 Å². The molecule has 0 heterocycles. The Hall–Kier alpha value is -2.94. The molecule has 0 saturated heterocycles. The summed E-state index contributed by atoms with van der Waals surface area (Å²) in [5.74, 6) is -2.33. The monoisotopic (exact) mass is 493 g/mol. The molecule has 0 aliphatic carbocycles. The van der Waals surface area contributed by atoms with E-state index < -0.39 is 29.9 Å². The van der Waals surface area contributed by atoms with Crippen LogP contribution >= 0.6 is 0 Å². The van der Waals surface area contributed by atoms with E-state index in [0.29, 0.717) is 5.56 Å². The fourth-order valence-electron chi connectivity index (χ4n) is 2.70. The van der Waals surface area contributed by atoms with Crippen LogP contribution in [0.4, 0.5) is 0 Å². The van der Waals surface area contributed by atoms with Gasteiger partial charge in [-0.1, -0.05) is 54.5 Å². The van der Waals surface area contributed by atoms with Crippen LogP contribution in [0.3, 0.4) is 0 Å². The maximum atomic E-state index is 12.3. The molecule has 9 nitrogen and oxygen atoms in total. The SMILES string of the molecule is COC(=O)[C@H](Cc1ccc(OC(=O)C(C)C)c(OC(=O)C(C)C)c1)NCCOC(=O)C(C)C(C)C. The average molecular weight is 494 g/mol. The molecule has 1 N–H and O–H groups in total. The molecule has 0 aliphatic heterocycles. The minimum Gasteiger partial charge on any atom is -0.468 e. The van der Waals surface area contributed by atoms with Crippen LogP contribution in [0.15, 0.2) is 18.2 Å². The number of hydrogen-bond donors (Lipinski definition) is 1. The first-order valence-electron chi connectivity index (χ1n) is 11.9. The molecule has 35 heavy (non-hydrogen) atoms. The van der Waals surface area contributed by atoms with Gasteiger partial charge in [0.05, 0.1) is 24.9 Å². The van der Waals surface area contributed by atoms with E-state index in [9.17, 15) is 19.2 Å². The summed E-state index contributed by atoms with van der Waals surface area (Å²) in [4.78, 5) is 48.6. The highest BCUT2D eigenvalue weighted by Gasteiger charge is 2.23. The Labute approximate surface area is 207 Å². The number of rotatable bonds is 13. The van der Waals surface area contributed by atoms with E-state index in [1.165, 1.54) is 13.2 Å². The molecular weight excluding hydrogens is 454 g/mol. The van der Waals surface area contributed by atoms with Crippen LogP contribution in [0.25, 0.3) is 0 Å². The van der Waals surface area contributed by atoms with E-state index in [-0.39, 0.29) is 54.8 Å². The minimum atomic E-state index is -0.737. The molecule has 0 aromatic heterocycles. The molecule has 0 saturated carbocycles. The molecule has 1 aromatic carbocycles. The Balaban J connectivity index is 2.97. The predicted molar refractivity (Wildman–Crippen MR) is 130 cm³/mol. The summed E-state index contributed by atoms with van der Waals surface area (Å²) in [5.41, 5.74) is 0.647. The van der Waals surface area contributed by atoms with Gasteiger partial charge in [-0.25, -0.2) is 0 Å². The number of carbonyl (C=O) groups is 4. The first-order chi connectivity index (χ1) is 16.4. The highest BCUT2D eigenvalue weighted by atomic mass is 16.6. The van der Waals surface area contributed by atoms with E-state index >= 15 is 0 Å². The van der Waals surface area contributed by atoms with Crippen LogP contribution in [0.5, 0.6) is 11.5 Å².